The third-order valence-corrected chi connectivity index (χ3v) is 5.01. The number of piperidine rings is 1. The van der Waals surface area contributed by atoms with Gasteiger partial charge < -0.3 is 26.0 Å². The lowest BCUT2D eigenvalue weighted by Gasteiger charge is -2.34. The van der Waals surface area contributed by atoms with Crippen LogP contribution in [0.3, 0.4) is 0 Å². The number of aromatic nitrogens is 2. The highest BCUT2D eigenvalue weighted by atomic mass is 16.6. The van der Waals surface area contributed by atoms with Crippen molar-refractivity contribution in [1.82, 2.24) is 15.3 Å². The number of benzene rings is 1. The summed E-state index contributed by atoms with van der Waals surface area (Å²) in [5.41, 5.74) is 6.77. The van der Waals surface area contributed by atoms with Crippen molar-refractivity contribution in [3.8, 4) is 0 Å². The van der Waals surface area contributed by atoms with E-state index < -0.39 is 17.6 Å². The van der Waals surface area contributed by atoms with E-state index in [2.05, 4.69) is 25.5 Å². The summed E-state index contributed by atoms with van der Waals surface area (Å²) < 4.78 is 5.23. The van der Waals surface area contributed by atoms with Crippen LogP contribution in [0.25, 0.3) is 0 Å². The smallest absolute Gasteiger partial charge is 0.325 e. The highest BCUT2D eigenvalue weighted by Crippen LogP contribution is 2.22. The number of nitrogens with one attached hydrogen (secondary N) is 2. The molecule has 2 atom stereocenters. The zero-order valence-corrected chi connectivity index (χ0v) is 18.9. The molecule has 3 rings (SSSR count). The van der Waals surface area contributed by atoms with E-state index in [0.29, 0.717) is 11.5 Å². The zero-order chi connectivity index (χ0) is 23.1. The van der Waals surface area contributed by atoms with Crippen LogP contribution in [0.2, 0.25) is 0 Å². The Balaban J connectivity index is 1.51. The zero-order valence-electron chi connectivity index (χ0n) is 18.9. The SMILES string of the molecule is CC(C)(C)OC(=O)C(N)CNC(=O)c1ccc(N2CCCC(Nc3ncccn3)C2)cc1. The largest absolute Gasteiger partial charge is 0.459 e. The molecule has 9 nitrogen and oxygen atoms in total. The molecule has 0 bridgehead atoms. The fraction of sp³-hybridized carbons (Fsp3) is 0.478. The molecule has 4 N–H and O–H groups in total. The molecule has 2 aromatic rings. The molecular formula is C23H32N6O3. The number of amides is 1. The molecule has 0 saturated carbocycles. The van der Waals surface area contributed by atoms with Crippen molar-refractivity contribution in [3.05, 3.63) is 48.3 Å². The van der Waals surface area contributed by atoms with E-state index in [1.165, 1.54) is 0 Å². The normalized spacial score (nSPS) is 17.4. The van der Waals surface area contributed by atoms with Gasteiger partial charge in [-0.1, -0.05) is 0 Å². The molecule has 9 heteroatoms. The molecule has 0 spiro atoms. The first-order chi connectivity index (χ1) is 15.2. The number of hydrogen-bond acceptors (Lipinski definition) is 8. The number of ether oxygens (including phenoxy) is 1. The lowest BCUT2D eigenvalue weighted by molar-refractivity contribution is -0.156. The minimum Gasteiger partial charge on any atom is -0.459 e. The minimum absolute atomic E-state index is 0.0104. The standard InChI is InChI=1S/C23H32N6O3/c1-23(2,3)32-21(31)19(24)14-27-20(30)16-7-9-18(10-8-16)29-13-4-6-17(15-29)28-22-25-11-5-12-26-22/h5,7-12,17,19H,4,6,13-15,24H2,1-3H3,(H,27,30)(H,25,26,28). The summed E-state index contributed by atoms with van der Waals surface area (Å²) in [5, 5.41) is 6.08. The van der Waals surface area contributed by atoms with Gasteiger partial charge in [-0.2, -0.15) is 0 Å². The Kier molecular flexibility index (Phi) is 7.63. The molecule has 1 aromatic heterocycles. The summed E-state index contributed by atoms with van der Waals surface area (Å²) in [6, 6.07) is 8.56. The molecule has 1 saturated heterocycles. The van der Waals surface area contributed by atoms with Gasteiger partial charge in [0.05, 0.1) is 0 Å². The third kappa shape index (κ3) is 6.91. The summed E-state index contributed by atoms with van der Waals surface area (Å²) in [6.07, 6.45) is 5.54. The minimum atomic E-state index is -0.913. The molecule has 1 amide bonds. The Hall–Kier alpha value is -3.20. The van der Waals surface area contributed by atoms with E-state index in [4.69, 9.17) is 10.5 Å². The number of esters is 1. The van der Waals surface area contributed by atoms with E-state index in [-0.39, 0.29) is 18.5 Å². The van der Waals surface area contributed by atoms with E-state index in [1.54, 1.807) is 51.4 Å². The molecule has 172 valence electrons. The van der Waals surface area contributed by atoms with Gasteiger partial charge in [-0.15, -0.1) is 0 Å². The summed E-state index contributed by atoms with van der Waals surface area (Å²) >= 11 is 0. The van der Waals surface area contributed by atoms with E-state index >= 15 is 0 Å². The predicted molar refractivity (Wildman–Crippen MR) is 123 cm³/mol. The second-order valence-electron chi connectivity index (χ2n) is 8.90. The van der Waals surface area contributed by atoms with Gasteiger partial charge >= 0.3 is 5.97 Å². The molecule has 1 fully saturated rings. The van der Waals surface area contributed by atoms with Crippen LogP contribution < -0.4 is 21.3 Å². The average Bonchev–Trinajstić information content (AvgIpc) is 2.77. The number of hydrogen-bond donors (Lipinski definition) is 3. The van der Waals surface area contributed by atoms with Gasteiger partial charge in [0.15, 0.2) is 0 Å². The highest BCUT2D eigenvalue weighted by Gasteiger charge is 2.23. The van der Waals surface area contributed by atoms with E-state index in [9.17, 15) is 9.59 Å². The van der Waals surface area contributed by atoms with Gasteiger partial charge in [0.2, 0.25) is 5.95 Å². The maximum absolute atomic E-state index is 12.4. The fourth-order valence-electron chi connectivity index (χ4n) is 3.47. The van der Waals surface area contributed by atoms with Crippen LogP contribution in [0.1, 0.15) is 44.0 Å². The lowest BCUT2D eigenvalue weighted by Crippen LogP contribution is -2.45. The van der Waals surface area contributed by atoms with Crippen LogP contribution in [0.15, 0.2) is 42.7 Å². The molecule has 32 heavy (non-hydrogen) atoms. The average molecular weight is 441 g/mol. The summed E-state index contributed by atoms with van der Waals surface area (Å²) in [5.74, 6) is -0.187. The Morgan fingerprint density at radius 3 is 2.56 bits per heavy atom. The number of nitrogens with two attached hydrogens (primary N) is 1. The van der Waals surface area contributed by atoms with Gasteiger partial charge in [0, 0.05) is 49.3 Å². The van der Waals surface area contributed by atoms with Gasteiger partial charge in [-0.25, -0.2) is 9.97 Å². The Bertz CT molecular complexity index is 898. The van der Waals surface area contributed by atoms with Crippen molar-refractivity contribution in [2.45, 2.75) is 51.3 Å². The molecular weight excluding hydrogens is 408 g/mol. The van der Waals surface area contributed by atoms with Crippen LogP contribution in [-0.4, -0.2) is 59.2 Å². The molecule has 1 aliphatic rings. The quantitative estimate of drug-likeness (QED) is 0.559. The number of carbonyl (C=O) groups excluding carboxylic acids is 2. The van der Waals surface area contributed by atoms with Crippen molar-refractivity contribution in [3.63, 3.8) is 0 Å². The highest BCUT2D eigenvalue weighted by molar-refractivity contribution is 5.94. The fourth-order valence-corrected chi connectivity index (χ4v) is 3.47. The van der Waals surface area contributed by atoms with Crippen LogP contribution in [-0.2, 0) is 9.53 Å². The number of anilines is 2. The number of nitrogens with zero attached hydrogens (tertiary/aromatic N) is 3. The Morgan fingerprint density at radius 1 is 1.22 bits per heavy atom. The van der Waals surface area contributed by atoms with Crippen LogP contribution in [0.5, 0.6) is 0 Å². The van der Waals surface area contributed by atoms with Gasteiger partial charge in [0.25, 0.3) is 5.91 Å². The second kappa shape index (κ2) is 10.4. The maximum atomic E-state index is 12.4. The van der Waals surface area contributed by atoms with E-state index in [1.807, 2.05) is 12.1 Å². The Labute approximate surface area is 188 Å². The summed E-state index contributed by atoms with van der Waals surface area (Å²) in [7, 11) is 0. The van der Waals surface area contributed by atoms with Crippen LogP contribution in [0.4, 0.5) is 11.6 Å². The summed E-state index contributed by atoms with van der Waals surface area (Å²) in [6.45, 7) is 7.10. The van der Waals surface area contributed by atoms with Crippen molar-refractivity contribution in [2.24, 2.45) is 5.73 Å². The summed E-state index contributed by atoms with van der Waals surface area (Å²) in [4.78, 5) is 35.2. The molecule has 1 aliphatic heterocycles. The van der Waals surface area contributed by atoms with E-state index in [0.717, 1.165) is 31.6 Å². The molecule has 2 unspecified atom stereocenters. The first kappa shape index (κ1) is 23.5. The predicted octanol–water partition coefficient (Wildman–Crippen LogP) is 1.96. The van der Waals surface area contributed by atoms with Crippen molar-refractivity contribution >= 4 is 23.5 Å². The first-order valence-electron chi connectivity index (χ1n) is 10.9. The third-order valence-electron chi connectivity index (χ3n) is 5.01. The van der Waals surface area contributed by atoms with Crippen LogP contribution in [0, 0.1) is 0 Å². The number of carbonyl (C=O) groups is 2. The molecule has 2 heterocycles. The molecule has 1 aromatic carbocycles. The second-order valence-corrected chi connectivity index (χ2v) is 8.90. The van der Waals surface area contributed by atoms with Crippen LogP contribution >= 0.6 is 0 Å². The first-order valence-corrected chi connectivity index (χ1v) is 10.9. The molecule has 0 aliphatic carbocycles. The molecule has 0 radical (unpaired) electrons. The maximum Gasteiger partial charge on any atom is 0.325 e. The van der Waals surface area contributed by atoms with Gasteiger partial charge in [-0.3, -0.25) is 9.59 Å². The monoisotopic (exact) mass is 440 g/mol. The van der Waals surface area contributed by atoms with Crippen molar-refractivity contribution < 1.29 is 14.3 Å². The van der Waals surface area contributed by atoms with Crippen molar-refractivity contribution in [2.75, 3.05) is 29.9 Å². The van der Waals surface area contributed by atoms with Gasteiger partial charge in [0.1, 0.15) is 11.6 Å². The van der Waals surface area contributed by atoms with Crippen molar-refractivity contribution in [1.29, 1.82) is 0 Å². The lowest BCUT2D eigenvalue weighted by atomic mass is 10.0. The topological polar surface area (TPSA) is 122 Å². The number of rotatable bonds is 7. The Morgan fingerprint density at radius 2 is 1.91 bits per heavy atom. The van der Waals surface area contributed by atoms with Gasteiger partial charge in [-0.05, 0) is 63.9 Å².